The highest BCUT2D eigenvalue weighted by Gasteiger charge is 2.47. The average molecular weight is 298 g/mol. The van der Waals surface area contributed by atoms with Gasteiger partial charge >= 0.3 is 12.1 Å². The van der Waals surface area contributed by atoms with Crippen molar-refractivity contribution in [2.75, 3.05) is 0 Å². The molecule has 0 aliphatic heterocycles. The summed E-state index contributed by atoms with van der Waals surface area (Å²) in [6, 6.07) is 8.95. The fourth-order valence-electron chi connectivity index (χ4n) is 1.95. The van der Waals surface area contributed by atoms with E-state index in [0.717, 1.165) is 0 Å². The first-order valence-electron chi connectivity index (χ1n) is 6.38. The molecule has 1 rings (SSSR count). The smallest absolute Gasteiger partial charge is 0.314 e. The van der Waals surface area contributed by atoms with E-state index in [1.165, 1.54) is 0 Å². The van der Waals surface area contributed by atoms with Crippen LogP contribution in [0.5, 0.6) is 0 Å². The van der Waals surface area contributed by atoms with Gasteiger partial charge in [-0.1, -0.05) is 51.1 Å². The van der Waals surface area contributed by atoms with E-state index in [9.17, 15) is 23.2 Å². The van der Waals surface area contributed by atoms with Crippen LogP contribution in [0.3, 0.4) is 0 Å². The summed E-state index contributed by atoms with van der Waals surface area (Å²) in [6.45, 7) is 4.63. The van der Waals surface area contributed by atoms with E-state index < -0.39 is 23.5 Å². The molecule has 0 bridgehead atoms. The number of carbonyl (C=O) groups excluding carboxylic acids is 1. The van der Waals surface area contributed by atoms with Crippen molar-refractivity contribution in [3.8, 4) is 6.07 Å². The molecule has 0 fully saturated rings. The monoisotopic (exact) mass is 298 g/mol. The number of benzene rings is 1. The van der Waals surface area contributed by atoms with E-state index >= 15 is 0 Å². The summed E-state index contributed by atoms with van der Waals surface area (Å²) in [7, 11) is 0. The highest BCUT2D eigenvalue weighted by molar-refractivity contribution is 5.82. The van der Waals surface area contributed by atoms with E-state index in [0.29, 0.717) is 10.5 Å². The van der Waals surface area contributed by atoms with Crippen LogP contribution in [0.15, 0.2) is 30.3 Å². The Bertz CT molecular complexity index is 527. The fraction of sp³-hybridized carbons (Fsp3) is 0.467. The molecule has 1 amide bonds. The third-order valence-corrected chi connectivity index (χ3v) is 2.95. The van der Waals surface area contributed by atoms with Crippen LogP contribution in [-0.2, 0) is 11.3 Å². The first kappa shape index (κ1) is 17.0. The predicted molar refractivity (Wildman–Crippen MR) is 71.9 cm³/mol. The van der Waals surface area contributed by atoms with Crippen LogP contribution in [0.4, 0.5) is 13.2 Å². The SMILES string of the molecule is CC(C)(C)C(C#N)N(Cc1ccccc1)C(=O)C(F)(F)F. The molecule has 1 aromatic rings. The maximum atomic E-state index is 12.8. The zero-order valence-corrected chi connectivity index (χ0v) is 12.1. The normalized spacial score (nSPS) is 13.4. The Morgan fingerprint density at radius 2 is 1.76 bits per heavy atom. The second-order valence-electron chi connectivity index (χ2n) is 5.81. The van der Waals surface area contributed by atoms with Gasteiger partial charge in [-0.15, -0.1) is 0 Å². The largest absolute Gasteiger partial charge is 0.471 e. The summed E-state index contributed by atoms with van der Waals surface area (Å²) >= 11 is 0. The number of carbonyl (C=O) groups is 1. The molecule has 0 spiro atoms. The Balaban J connectivity index is 3.18. The van der Waals surface area contributed by atoms with Crippen LogP contribution >= 0.6 is 0 Å². The number of amides is 1. The van der Waals surface area contributed by atoms with E-state index in [1.807, 2.05) is 6.07 Å². The standard InChI is InChI=1S/C15H17F3N2O/c1-14(2,3)12(9-19)20(13(21)15(16,17)18)10-11-7-5-4-6-8-11/h4-8,12H,10H2,1-3H3. The molecule has 0 saturated heterocycles. The summed E-state index contributed by atoms with van der Waals surface area (Å²) in [6.07, 6.45) is -5.00. The van der Waals surface area contributed by atoms with Gasteiger partial charge in [0, 0.05) is 6.54 Å². The molecular formula is C15H17F3N2O. The molecule has 0 saturated carbocycles. The van der Waals surface area contributed by atoms with Gasteiger partial charge in [-0.3, -0.25) is 4.79 Å². The summed E-state index contributed by atoms with van der Waals surface area (Å²) in [5.74, 6) is -1.99. The highest BCUT2D eigenvalue weighted by Crippen LogP contribution is 2.29. The molecule has 0 N–H and O–H groups in total. The molecule has 3 nitrogen and oxygen atoms in total. The quantitative estimate of drug-likeness (QED) is 0.857. The zero-order chi connectivity index (χ0) is 16.3. The maximum absolute atomic E-state index is 12.8. The van der Waals surface area contributed by atoms with Crippen molar-refractivity contribution in [3.63, 3.8) is 0 Å². The van der Waals surface area contributed by atoms with E-state index in [1.54, 1.807) is 51.1 Å². The molecule has 0 aliphatic rings. The molecule has 21 heavy (non-hydrogen) atoms. The minimum Gasteiger partial charge on any atom is -0.314 e. The van der Waals surface area contributed by atoms with Crippen molar-refractivity contribution in [1.82, 2.24) is 4.90 Å². The van der Waals surface area contributed by atoms with Gasteiger partial charge in [0.15, 0.2) is 0 Å². The van der Waals surface area contributed by atoms with E-state index in [4.69, 9.17) is 0 Å². The molecule has 0 aliphatic carbocycles. The Labute approximate surface area is 122 Å². The Hall–Kier alpha value is -2.03. The summed E-state index contributed by atoms with van der Waals surface area (Å²) in [4.78, 5) is 12.3. The second kappa shape index (κ2) is 6.17. The Kier molecular flexibility index (Phi) is 5.00. The molecule has 0 radical (unpaired) electrons. The van der Waals surface area contributed by atoms with Crippen molar-refractivity contribution < 1.29 is 18.0 Å². The zero-order valence-electron chi connectivity index (χ0n) is 12.1. The number of hydrogen-bond acceptors (Lipinski definition) is 2. The predicted octanol–water partition coefficient (Wildman–Crippen LogP) is 3.52. The van der Waals surface area contributed by atoms with Crippen LogP contribution in [-0.4, -0.2) is 23.0 Å². The average Bonchev–Trinajstić information content (AvgIpc) is 2.36. The minimum absolute atomic E-state index is 0.255. The van der Waals surface area contributed by atoms with Gasteiger partial charge in [0.1, 0.15) is 6.04 Å². The first-order valence-corrected chi connectivity index (χ1v) is 6.38. The number of nitriles is 1. The lowest BCUT2D eigenvalue weighted by atomic mass is 9.86. The second-order valence-corrected chi connectivity index (χ2v) is 5.81. The number of alkyl halides is 3. The fourth-order valence-corrected chi connectivity index (χ4v) is 1.95. The van der Waals surface area contributed by atoms with Crippen LogP contribution in [0, 0.1) is 16.7 Å². The van der Waals surface area contributed by atoms with Crippen LogP contribution in [0.25, 0.3) is 0 Å². The molecule has 6 heteroatoms. The lowest BCUT2D eigenvalue weighted by Crippen LogP contribution is -2.50. The molecule has 0 aromatic heterocycles. The lowest BCUT2D eigenvalue weighted by Gasteiger charge is -2.36. The highest BCUT2D eigenvalue weighted by atomic mass is 19.4. The third-order valence-electron chi connectivity index (χ3n) is 2.95. The van der Waals surface area contributed by atoms with Gasteiger partial charge in [-0.2, -0.15) is 18.4 Å². The van der Waals surface area contributed by atoms with Crippen molar-refractivity contribution in [2.45, 2.75) is 39.5 Å². The van der Waals surface area contributed by atoms with Gasteiger partial charge in [0.2, 0.25) is 0 Å². The summed E-state index contributed by atoms with van der Waals surface area (Å²) in [5.41, 5.74) is -0.246. The van der Waals surface area contributed by atoms with E-state index in [2.05, 4.69) is 0 Å². The number of halogens is 3. The minimum atomic E-state index is -5.00. The van der Waals surface area contributed by atoms with Crippen molar-refractivity contribution in [3.05, 3.63) is 35.9 Å². The molecule has 1 aromatic carbocycles. The van der Waals surface area contributed by atoms with Crippen molar-refractivity contribution in [2.24, 2.45) is 5.41 Å². The third kappa shape index (κ3) is 4.48. The Morgan fingerprint density at radius 1 is 1.24 bits per heavy atom. The molecule has 0 heterocycles. The molecule has 1 unspecified atom stereocenters. The summed E-state index contributed by atoms with van der Waals surface area (Å²) < 4.78 is 38.4. The van der Waals surface area contributed by atoms with Gasteiger partial charge in [0.25, 0.3) is 0 Å². The summed E-state index contributed by atoms with van der Waals surface area (Å²) in [5, 5.41) is 9.21. The van der Waals surface area contributed by atoms with Gasteiger partial charge in [-0.05, 0) is 11.0 Å². The van der Waals surface area contributed by atoms with Crippen LogP contribution in [0.1, 0.15) is 26.3 Å². The topological polar surface area (TPSA) is 44.1 Å². The van der Waals surface area contributed by atoms with Gasteiger partial charge in [-0.25, -0.2) is 0 Å². The van der Waals surface area contributed by atoms with Crippen LogP contribution < -0.4 is 0 Å². The number of hydrogen-bond donors (Lipinski definition) is 0. The van der Waals surface area contributed by atoms with Crippen LogP contribution in [0.2, 0.25) is 0 Å². The first-order chi connectivity index (χ1) is 9.57. The lowest BCUT2D eigenvalue weighted by molar-refractivity contribution is -0.189. The Morgan fingerprint density at radius 3 is 2.14 bits per heavy atom. The molecule has 114 valence electrons. The molecule has 1 atom stereocenters. The van der Waals surface area contributed by atoms with Crippen molar-refractivity contribution in [1.29, 1.82) is 5.26 Å². The van der Waals surface area contributed by atoms with Gasteiger partial charge < -0.3 is 4.90 Å². The number of rotatable bonds is 3. The van der Waals surface area contributed by atoms with E-state index in [-0.39, 0.29) is 6.54 Å². The number of nitrogens with zero attached hydrogens (tertiary/aromatic N) is 2. The molecular weight excluding hydrogens is 281 g/mol. The van der Waals surface area contributed by atoms with Crippen molar-refractivity contribution >= 4 is 5.91 Å². The maximum Gasteiger partial charge on any atom is 0.471 e. The van der Waals surface area contributed by atoms with Gasteiger partial charge in [0.05, 0.1) is 6.07 Å².